The lowest BCUT2D eigenvalue weighted by atomic mass is 10.0. The molecule has 57 heavy (non-hydrogen) atoms. The van der Waals surface area contributed by atoms with Crippen LogP contribution in [0.1, 0.15) is 180 Å². The molecule has 0 aliphatic rings. The summed E-state index contributed by atoms with van der Waals surface area (Å²) in [5.74, 6) is 0. The molecule has 8 nitrogen and oxygen atoms in total. The van der Waals surface area contributed by atoms with E-state index in [4.69, 9.17) is 0 Å². The zero-order valence-electron chi connectivity index (χ0n) is 37.3. The summed E-state index contributed by atoms with van der Waals surface area (Å²) in [7, 11) is 0. The fourth-order valence-corrected chi connectivity index (χ4v) is 7.40. The van der Waals surface area contributed by atoms with Crippen LogP contribution in [-0.2, 0) is 6.42 Å². The van der Waals surface area contributed by atoms with E-state index in [0.29, 0.717) is 13.1 Å². The van der Waals surface area contributed by atoms with E-state index in [9.17, 15) is 9.59 Å². The van der Waals surface area contributed by atoms with E-state index in [1.54, 1.807) is 0 Å². The first-order chi connectivity index (χ1) is 28.0. The summed E-state index contributed by atoms with van der Waals surface area (Å²) >= 11 is 0. The molecule has 2 rings (SSSR count). The van der Waals surface area contributed by atoms with Gasteiger partial charge < -0.3 is 31.1 Å². The lowest BCUT2D eigenvalue weighted by Gasteiger charge is -2.22. The smallest absolute Gasteiger partial charge is 0.319 e. The van der Waals surface area contributed by atoms with Gasteiger partial charge >= 0.3 is 12.1 Å². The van der Waals surface area contributed by atoms with E-state index >= 15 is 0 Å². The van der Waals surface area contributed by atoms with Gasteiger partial charge in [0.05, 0.1) is 0 Å². The van der Waals surface area contributed by atoms with Gasteiger partial charge in [-0.25, -0.2) is 9.59 Å². The molecule has 0 heterocycles. The minimum absolute atomic E-state index is 0.148. The molecule has 0 radical (unpaired) electrons. The Labute approximate surface area is 350 Å². The van der Waals surface area contributed by atoms with Gasteiger partial charge in [0.25, 0.3) is 0 Å². The third-order valence-electron chi connectivity index (χ3n) is 11.0. The van der Waals surface area contributed by atoms with Crippen LogP contribution in [-0.4, -0.2) is 74.2 Å². The summed E-state index contributed by atoms with van der Waals surface area (Å²) < 4.78 is 0. The molecule has 0 aromatic heterocycles. The van der Waals surface area contributed by atoms with Crippen molar-refractivity contribution < 1.29 is 9.59 Å². The number of benzene rings is 2. The highest BCUT2D eigenvalue weighted by Gasteiger charge is 2.08. The fraction of sp³-hybridized carbons (Fsp3) is 0.714. The van der Waals surface area contributed by atoms with Crippen LogP contribution in [0.25, 0.3) is 0 Å². The Balaban J connectivity index is 1.62. The minimum atomic E-state index is -0.148. The normalized spacial score (nSPS) is 11.3. The first kappa shape index (κ1) is 50.0. The van der Waals surface area contributed by atoms with E-state index < -0.39 is 0 Å². The monoisotopic (exact) mass is 791 g/mol. The van der Waals surface area contributed by atoms with Gasteiger partial charge in [0, 0.05) is 24.5 Å². The third kappa shape index (κ3) is 27.3. The van der Waals surface area contributed by atoms with Crippen LogP contribution in [0.3, 0.4) is 0 Å². The molecule has 0 spiro atoms. The number of carbonyl (C=O) groups excluding carboxylic acids is 2. The topological polar surface area (TPSA) is 88.7 Å². The highest BCUT2D eigenvalue weighted by atomic mass is 16.2. The Kier molecular flexibility index (Phi) is 30.6. The molecule has 0 unspecified atom stereocenters. The van der Waals surface area contributed by atoms with Gasteiger partial charge in [-0.3, -0.25) is 0 Å². The fourth-order valence-electron chi connectivity index (χ4n) is 7.40. The second-order valence-electron chi connectivity index (χ2n) is 16.4. The number of carbonyl (C=O) groups is 2. The molecule has 324 valence electrons. The van der Waals surface area contributed by atoms with Gasteiger partial charge in [0.1, 0.15) is 0 Å². The summed E-state index contributed by atoms with van der Waals surface area (Å²) in [5, 5.41) is 12.0. The van der Waals surface area contributed by atoms with E-state index in [-0.39, 0.29) is 12.1 Å². The lowest BCUT2D eigenvalue weighted by molar-refractivity contribution is 0.247. The zero-order chi connectivity index (χ0) is 41.0. The van der Waals surface area contributed by atoms with Gasteiger partial charge in [0.15, 0.2) is 0 Å². The van der Waals surface area contributed by atoms with Crippen LogP contribution in [0.15, 0.2) is 48.5 Å². The maximum absolute atomic E-state index is 12.6. The number of anilines is 2. The van der Waals surface area contributed by atoms with E-state index in [2.05, 4.69) is 83.0 Å². The van der Waals surface area contributed by atoms with Crippen LogP contribution in [0.5, 0.6) is 0 Å². The summed E-state index contributed by atoms with van der Waals surface area (Å²) in [6.45, 7) is 17.5. The first-order valence-corrected chi connectivity index (χ1v) is 23.7. The number of urea groups is 2. The summed E-state index contributed by atoms with van der Waals surface area (Å²) in [6, 6.07) is 15.8. The zero-order valence-corrected chi connectivity index (χ0v) is 37.3. The van der Waals surface area contributed by atoms with Crippen molar-refractivity contribution in [2.45, 2.75) is 175 Å². The molecule has 4 N–H and O–H groups in total. The Morgan fingerprint density at radius 2 is 0.667 bits per heavy atom. The number of hydrogen-bond acceptors (Lipinski definition) is 4. The number of nitrogens with zero attached hydrogens (tertiary/aromatic N) is 2. The summed E-state index contributed by atoms with van der Waals surface area (Å²) in [6.07, 6.45) is 28.8. The van der Waals surface area contributed by atoms with Gasteiger partial charge in [-0.2, -0.15) is 0 Å². The van der Waals surface area contributed by atoms with Crippen molar-refractivity contribution in [3.05, 3.63) is 59.7 Å². The molecule has 0 aliphatic carbocycles. The number of rotatable bonds is 36. The second kappa shape index (κ2) is 34.9. The molecule has 0 fully saturated rings. The van der Waals surface area contributed by atoms with Crippen molar-refractivity contribution in [2.75, 3.05) is 63.0 Å². The second-order valence-corrected chi connectivity index (χ2v) is 16.4. The average Bonchev–Trinajstić information content (AvgIpc) is 3.21. The van der Waals surface area contributed by atoms with E-state index in [1.807, 2.05) is 24.3 Å². The van der Waals surface area contributed by atoms with Crippen molar-refractivity contribution >= 4 is 23.4 Å². The number of nitrogens with one attached hydrogen (secondary N) is 4. The molecular formula is C49H86N6O2. The van der Waals surface area contributed by atoms with Crippen LogP contribution in [0.4, 0.5) is 21.0 Å². The molecular weight excluding hydrogens is 705 g/mol. The molecule has 0 bridgehead atoms. The molecule has 0 saturated heterocycles. The lowest BCUT2D eigenvalue weighted by Crippen LogP contribution is -2.31. The highest BCUT2D eigenvalue weighted by Crippen LogP contribution is 2.17. The van der Waals surface area contributed by atoms with Crippen LogP contribution in [0.2, 0.25) is 0 Å². The molecule has 8 heteroatoms. The number of amides is 4. The molecule has 4 amide bonds. The predicted octanol–water partition coefficient (Wildman–Crippen LogP) is 12.8. The van der Waals surface area contributed by atoms with E-state index in [0.717, 1.165) is 56.6 Å². The molecule has 2 aromatic carbocycles. The van der Waals surface area contributed by atoms with Crippen LogP contribution >= 0.6 is 0 Å². The Morgan fingerprint density at radius 3 is 1.02 bits per heavy atom. The van der Waals surface area contributed by atoms with Gasteiger partial charge in [-0.1, -0.05) is 142 Å². The Bertz CT molecular complexity index is 1140. The number of hydrogen-bond donors (Lipinski definition) is 4. The van der Waals surface area contributed by atoms with Gasteiger partial charge in [-0.05, 0) is 132 Å². The van der Waals surface area contributed by atoms with Crippen molar-refractivity contribution in [3.8, 4) is 0 Å². The maximum atomic E-state index is 12.6. The van der Waals surface area contributed by atoms with Crippen molar-refractivity contribution in [1.29, 1.82) is 0 Å². The van der Waals surface area contributed by atoms with Crippen molar-refractivity contribution in [3.63, 3.8) is 0 Å². The van der Waals surface area contributed by atoms with Gasteiger partial charge in [0.2, 0.25) is 0 Å². The molecule has 0 saturated carbocycles. The van der Waals surface area contributed by atoms with Gasteiger partial charge in [-0.15, -0.1) is 0 Å². The SMILES string of the molecule is CCCCCCCCN(CCCCC)CCCCNC(=O)Nc1ccc(Cc2ccc(NC(=O)NCCCCN(CCCCC)CCCCCCCC)cc2)cc1. The quantitative estimate of drug-likeness (QED) is 0.0518. The molecule has 0 atom stereocenters. The molecule has 2 aromatic rings. The standard InChI is InChI=1S/C49H86N6O2/c1-5-9-13-15-17-23-39-54(37-21-11-7-3)41-25-19-35-50-48(56)52-46-31-27-44(28-32-46)43-45-29-33-47(34-30-45)53-49(57)51-36-20-26-42-55(38-22-12-8-4)40-24-18-16-14-10-6-2/h27-34H,5-26,35-43H2,1-4H3,(H2,50,52,56)(H2,51,53,57). The largest absolute Gasteiger partial charge is 0.338 e. The predicted molar refractivity (Wildman–Crippen MR) is 247 cm³/mol. The minimum Gasteiger partial charge on any atom is -0.338 e. The number of unbranched alkanes of at least 4 members (excludes halogenated alkanes) is 16. The van der Waals surface area contributed by atoms with Crippen LogP contribution < -0.4 is 21.3 Å². The maximum Gasteiger partial charge on any atom is 0.319 e. The van der Waals surface area contributed by atoms with Crippen molar-refractivity contribution in [2.24, 2.45) is 0 Å². The van der Waals surface area contributed by atoms with Crippen LogP contribution in [0, 0.1) is 0 Å². The first-order valence-electron chi connectivity index (χ1n) is 23.7. The Hall–Kier alpha value is -3.10. The Morgan fingerprint density at radius 1 is 0.386 bits per heavy atom. The third-order valence-corrected chi connectivity index (χ3v) is 11.0. The molecule has 0 aliphatic heterocycles. The van der Waals surface area contributed by atoms with Crippen molar-refractivity contribution in [1.82, 2.24) is 20.4 Å². The average molecular weight is 791 g/mol. The van der Waals surface area contributed by atoms with E-state index in [1.165, 1.54) is 153 Å². The summed E-state index contributed by atoms with van der Waals surface area (Å²) in [5.41, 5.74) is 3.92. The highest BCUT2D eigenvalue weighted by molar-refractivity contribution is 5.89. The summed E-state index contributed by atoms with van der Waals surface area (Å²) in [4.78, 5) is 30.4.